The zero-order valence-corrected chi connectivity index (χ0v) is 22.6. The molecule has 0 radical (unpaired) electrons. The molecule has 5 unspecified atom stereocenters. The van der Waals surface area contributed by atoms with Crippen LogP contribution in [0.5, 0.6) is 11.5 Å². The molecule has 5 atom stereocenters. The van der Waals surface area contributed by atoms with Crippen LogP contribution in [-0.4, -0.2) is 55.7 Å². The second kappa shape index (κ2) is 10.1. The van der Waals surface area contributed by atoms with E-state index in [9.17, 15) is 19.2 Å². The first-order chi connectivity index (χ1) is 18.0. The molecule has 202 valence electrons. The summed E-state index contributed by atoms with van der Waals surface area (Å²) in [5, 5.41) is 0. The molecule has 1 aromatic rings. The number of hydrogen-bond acceptors (Lipinski definition) is 9. The molecule has 0 bridgehead atoms. The highest BCUT2D eigenvalue weighted by molar-refractivity contribution is 6.09. The Balaban J connectivity index is 1.74. The van der Waals surface area contributed by atoms with Crippen molar-refractivity contribution in [2.45, 2.75) is 58.8 Å². The van der Waals surface area contributed by atoms with Gasteiger partial charge in [0.05, 0.1) is 25.7 Å². The average Bonchev–Trinajstić information content (AvgIpc) is 3.27. The smallest absolute Gasteiger partial charge is 0.351 e. The van der Waals surface area contributed by atoms with Crippen molar-refractivity contribution in [1.29, 1.82) is 0 Å². The monoisotopic (exact) mass is 524 g/mol. The molecule has 9 nitrogen and oxygen atoms in total. The van der Waals surface area contributed by atoms with Gasteiger partial charge in [-0.15, -0.1) is 0 Å². The van der Waals surface area contributed by atoms with Gasteiger partial charge < -0.3 is 23.7 Å². The van der Waals surface area contributed by atoms with Gasteiger partial charge in [-0.1, -0.05) is 11.6 Å². The van der Waals surface area contributed by atoms with Crippen molar-refractivity contribution in [2.75, 3.05) is 14.2 Å². The number of rotatable bonds is 6. The molecule has 1 aliphatic heterocycles. The molecule has 2 aliphatic carbocycles. The van der Waals surface area contributed by atoms with Crippen molar-refractivity contribution in [2.24, 2.45) is 11.8 Å². The summed E-state index contributed by atoms with van der Waals surface area (Å²) in [6.07, 6.45) is 1.58. The van der Waals surface area contributed by atoms with E-state index in [1.165, 1.54) is 33.3 Å². The van der Waals surface area contributed by atoms with Crippen LogP contribution in [0, 0.1) is 11.8 Å². The van der Waals surface area contributed by atoms with E-state index in [1.807, 2.05) is 0 Å². The van der Waals surface area contributed by atoms with Gasteiger partial charge in [0.15, 0.2) is 17.3 Å². The molecule has 0 spiro atoms. The van der Waals surface area contributed by atoms with E-state index in [-0.39, 0.29) is 17.8 Å². The SMILES string of the molecule is CC=C(C)C(=O)OC1(C)C(=O)OC2C3C(C)=CC(=O)C3=C(C)C(OC(=O)c3ccc(OC)c(OC)c3)CC21. The van der Waals surface area contributed by atoms with Gasteiger partial charge in [-0.3, -0.25) is 4.79 Å². The first-order valence-electron chi connectivity index (χ1n) is 12.4. The predicted octanol–water partition coefficient (Wildman–Crippen LogP) is 3.90. The number of hydrogen-bond donors (Lipinski definition) is 0. The summed E-state index contributed by atoms with van der Waals surface area (Å²) in [5.74, 6) is -2.59. The molecule has 0 aromatic heterocycles. The largest absolute Gasteiger partial charge is 0.493 e. The lowest BCUT2D eigenvalue weighted by Crippen LogP contribution is -2.45. The van der Waals surface area contributed by atoms with E-state index >= 15 is 0 Å². The van der Waals surface area contributed by atoms with E-state index in [4.69, 9.17) is 23.7 Å². The number of ketones is 1. The first kappa shape index (κ1) is 27.2. The number of esters is 3. The lowest BCUT2D eigenvalue weighted by Gasteiger charge is -2.31. The summed E-state index contributed by atoms with van der Waals surface area (Å²) in [7, 11) is 2.95. The molecule has 4 rings (SSSR count). The summed E-state index contributed by atoms with van der Waals surface area (Å²) in [4.78, 5) is 52.2. The number of ether oxygens (including phenoxy) is 5. The van der Waals surface area contributed by atoms with Crippen molar-refractivity contribution in [3.8, 4) is 11.5 Å². The fourth-order valence-electron chi connectivity index (χ4n) is 5.45. The summed E-state index contributed by atoms with van der Waals surface area (Å²) in [6.45, 7) is 8.35. The fraction of sp³-hybridized carbons (Fsp3) is 0.448. The Morgan fingerprint density at radius 3 is 2.42 bits per heavy atom. The summed E-state index contributed by atoms with van der Waals surface area (Å²) in [6, 6.07) is 4.65. The van der Waals surface area contributed by atoms with Crippen molar-refractivity contribution in [1.82, 2.24) is 0 Å². The maximum absolute atomic E-state index is 13.3. The number of carbonyl (C=O) groups excluding carboxylic acids is 4. The van der Waals surface area contributed by atoms with Crippen LogP contribution < -0.4 is 9.47 Å². The lowest BCUT2D eigenvalue weighted by molar-refractivity contribution is -0.171. The fourth-order valence-corrected chi connectivity index (χ4v) is 5.45. The molecule has 3 aliphatic rings. The van der Waals surface area contributed by atoms with Gasteiger partial charge in [0.25, 0.3) is 0 Å². The molecule has 1 saturated heterocycles. The Bertz CT molecular complexity index is 1300. The van der Waals surface area contributed by atoms with Gasteiger partial charge in [0.1, 0.15) is 12.2 Å². The molecule has 1 heterocycles. The molecule has 0 saturated carbocycles. The number of benzene rings is 1. The van der Waals surface area contributed by atoms with Gasteiger partial charge >= 0.3 is 17.9 Å². The van der Waals surface area contributed by atoms with Crippen LogP contribution >= 0.6 is 0 Å². The maximum atomic E-state index is 13.3. The Morgan fingerprint density at radius 1 is 1.11 bits per heavy atom. The minimum absolute atomic E-state index is 0.112. The predicted molar refractivity (Wildman–Crippen MR) is 136 cm³/mol. The normalized spacial score (nSPS) is 28.6. The molecular formula is C29H32O9. The van der Waals surface area contributed by atoms with Gasteiger partial charge in [-0.25, -0.2) is 14.4 Å². The Labute approximate surface area is 221 Å². The standard InChI is InChI=1S/C29H32O9/c1-8-14(2)26(31)38-29(5)18-13-21(36-27(32)17-9-10-20(34-6)22(12-17)35-7)16(4)24-19(30)11-15(3)23(24)25(18)37-28(29)33/h8-12,18,21,23,25H,13H2,1-7H3. The summed E-state index contributed by atoms with van der Waals surface area (Å²) >= 11 is 0. The highest BCUT2D eigenvalue weighted by atomic mass is 16.6. The minimum Gasteiger partial charge on any atom is -0.493 e. The van der Waals surface area contributed by atoms with Gasteiger partial charge in [-0.05, 0) is 70.9 Å². The zero-order chi connectivity index (χ0) is 27.9. The van der Waals surface area contributed by atoms with E-state index in [1.54, 1.807) is 45.9 Å². The van der Waals surface area contributed by atoms with E-state index in [0.29, 0.717) is 28.2 Å². The molecule has 38 heavy (non-hydrogen) atoms. The zero-order valence-electron chi connectivity index (χ0n) is 22.6. The molecule has 1 fully saturated rings. The molecule has 0 amide bonds. The second-order valence-electron chi connectivity index (χ2n) is 9.97. The second-order valence-corrected chi connectivity index (χ2v) is 9.97. The van der Waals surface area contributed by atoms with Crippen LogP contribution in [0.15, 0.2) is 52.6 Å². The Kier molecular flexibility index (Phi) is 7.23. The Hall–Kier alpha value is -3.88. The highest BCUT2D eigenvalue weighted by Crippen LogP contribution is 2.51. The minimum atomic E-state index is -1.64. The van der Waals surface area contributed by atoms with E-state index in [0.717, 1.165) is 5.57 Å². The summed E-state index contributed by atoms with van der Waals surface area (Å²) in [5.41, 5.74) is 0.677. The first-order valence-corrected chi connectivity index (χ1v) is 12.4. The van der Waals surface area contributed by atoms with Crippen LogP contribution in [0.4, 0.5) is 0 Å². The van der Waals surface area contributed by atoms with Crippen molar-refractivity contribution >= 4 is 23.7 Å². The van der Waals surface area contributed by atoms with Crippen molar-refractivity contribution in [3.05, 3.63) is 58.2 Å². The highest BCUT2D eigenvalue weighted by Gasteiger charge is 2.62. The van der Waals surface area contributed by atoms with Crippen LogP contribution in [0.1, 0.15) is 51.4 Å². The maximum Gasteiger partial charge on any atom is 0.351 e. The quantitative estimate of drug-likeness (QED) is 0.310. The number of fused-ring (bicyclic) bond motifs is 3. The lowest BCUT2D eigenvalue weighted by atomic mass is 9.78. The van der Waals surface area contributed by atoms with Crippen LogP contribution in [-0.2, 0) is 28.6 Å². The van der Waals surface area contributed by atoms with E-state index in [2.05, 4.69) is 0 Å². The van der Waals surface area contributed by atoms with Gasteiger partial charge in [-0.2, -0.15) is 0 Å². The third kappa shape index (κ3) is 4.40. The topological polar surface area (TPSA) is 114 Å². The average molecular weight is 525 g/mol. The number of carbonyl (C=O) groups is 4. The van der Waals surface area contributed by atoms with Gasteiger partial charge in [0.2, 0.25) is 5.60 Å². The summed E-state index contributed by atoms with van der Waals surface area (Å²) < 4.78 is 28.1. The van der Waals surface area contributed by atoms with Crippen LogP contribution in [0.25, 0.3) is 0 Å². The Morgan fingerprint density at radius 2 is 1.79 bits per heavy atom. The number of methoxy groups -OCH3 is 2. The molecular weight excluding hydrogens is 492 g/mol. The molecule has 1 aromatic carbocycles. The number of allylic oxidation sites excluding steroid dienone is 2. The molecule has 0 N–H and O–H groups in total. The van der Waals surface area contributed by atoms with Crippen LogP contribution in [0.3, 0.4) is 0 Å². The third-order valence-electron chi connectivity index (χ3n) is 7.81. The van der Waals surface area contributed by atoms with Gasteiger partial charge in [0, 0.05) is 17.1 Å². The molecule has 9 heteroatoms. The third-order valence-corrected chi connectivity index (χ3v) is 7.81. The van der Waals surface area contributed by atoms with E-state index < -0.39 is 47.6 Å². The van der Waals surface area contributed by atoms with Crippen molar-refractivity contribution < 1.29 is 42.9 Å². The van der Waals surface area contributed by atoms with Crippen molar-refractivity contribution in [3.63, 3.8) is 0 Å². The van der Waals surface area contributed by atoms with Crippen LogP contribution in [0.2, 0.25) is 0 Å².